The van der Waals surface area contributed by atoms with Crippen molar-refractivity contribution in [1.29, 1.82) is 5.26 Å². The molecule has 2 aromatic rings. The number of fused-ring (bicyclic) bond motifs is 1. The van der Waals surface area contributed by atoms with Crippen LogP contribution in [-0.2, 0) is 27.7 Å². The molecule has 1 aliphatic rings. The van der Waals surface area contributed by atoms with Crippen LogP contribution in [0.25, 0.3) is 0 Å². The molecule has 1 aliphatic heterocycles. The van der Waals surface area contributed by atoms with Crippen LogP contribution < -0.4 is 10.5 Å². The number of thiophene rings is 1. The first-order chi connectivity index (χ1) is 11.9. The molecule has 1 aromatic carbocycles. The third kappa shape index (κ3) is 3.76. The minimum absolute atomic E-state index is 0.00589. The molecule has 0 spiro atoms. The summed E-state index contributed by atoms with van der Waals surface area (Å²) in [7, 11) is -3.75. The van der Waals surface area contributed by atoms with E-state index in [4.69, 9.17) is 5.14 Å². The van der Waals surface area contributed by atoms with Crippen molar-refractivity contribution in [3.63, 3.8) is 0 Å². The molecular weight excluding hydrogens is 360 g/mol. The number of nitrogens with two attached hydrogens (primary N) is 1. The highest BCUT2D eigenvalue weighted by molar-refractivity contribution is 7.89. The Morgan fingerprint density at radius 2 is 2.08 bits per heavy atom. The van der Waals surface area contributed by atoms with Gasteiger partial charge < -0.3 is 5.32 Å². The van der Waals surface area contributed by atoms with Gasteiger partial charge in [0, 0.05) is 29.6 Å². The number of amides is 1. The zero-order chi connectivity index (χ0) is 18.0. The number of nitrogens with zero attached hydrogens (tertiary/aromatic N) is 2. The van der Waals surface area contributed by atoms with Crippen molar-refractivity contribution in [2.75, 3.05) is 11.9 Å². The molecule has 0 bridgehead atoms. The zero-order valence-electron chi connectivity index (χ0n) is 13.0. The summed E-state index contributed by atoms with van der Waals surface area (Å²) >= 11 is 1.39. The molecule has 1 aromatic heterocycles. The average Bonchev–Trinajstić information content (AvgIpc) is 2.91. The smallest absolute Gasteiger partial charge is 0.238 e. The fourth-order valence-corrected chi connectivity index (χ4v) is 4.13. The maximum absolute atomic E-state index is 12.3. The van der Waals surface area contributed by atoms with E-state index in [9.17, 15) is 18.5 Å². The van der Waals surface area contributed by atoms with Gasteiger partial charge in [0.15, 0.2) is 0 Å². The van der Waals surface area contributed by atoms with E-state index in [-0.39, 0.29) is 17.2 Å². The molecule has 1 amide bonds. The molecule has 3 rings (SSSR count). The number of primary sulfonamides is 1. The van der Waals surface area contributed by atoms with E-state index in [0.29, 0.717) is 22.7 Å². The number of carbonyl (C=O) groups excluding carboxylic acids is 1. The van der Waals surface area contributed by atoms with E-state index in [0.717, 1.165) is 16.9 Å². The molecule has 3 N–H and O–H groups in total. The molecule has 0 radical (unpaired) electrons. The number of nitriles is 1. The van der Waals surface area contributed by atoms with Crippen molar-refractivity contribution >= 4 is 38.5 Å². The molecule has 0 aliphatic carbocycles. The first-order valence-corrected chi connectivity index (χ1v) is 9.72. The fraction of sp³-hybridized carbons (Fsp3) is 0.188. The van der Waals surface area contributed by atoms with Crippen molar-refractivity contribution < 1.29 is 13.2 Å². The van der Waals surface area contributed by atoms with Crippen LogP contribution in [0.2, 0.25) is 0 Å². The van der Waals surface area contributed by atoms with E-state index in [1.165, 1.54) is 35.6 Å². The first kappa shape index (κ1) is 17.3. The zero-order valence-corrected chi connectivity index (χ0v) is 14.7. The Morgan fingerprint density at radius 3 is 2.72 bits per heavy atom. The standard InChI is InChI=1S/C16H14N4O3S2/c17-8-12-13-9-19-6-5-14(13)24-16(12)20-15(21)7-10-1-3-11(4-2-10)25(18,22)23/h1-4,9H,5-7H2,(H,20,21)(H2,18,22,23). The molecule has 9 heteroatoms. The van der Waals surface area contributed by atoms with E-state index in [1.54, 1.807) is 6.21 Å². The molecular formula is C16H14N4O3S2. The summed E-state index contributed by atoms with van der Waals surface area (Å²) in [6.07, 6.45) is 2.50. The molecule has 0 unspecified atom stereocenters. The van der Waals surface area contributed by atoms with Gasteiger partial charge >= 0.3 is 0 Å². The van der Waals surface area contributed by atoms with Crippen LogP contribution in [0.3, 0.4) is 0 Å². The number of rotatable bonds is 4. The van der Waals surface area contributed by atoms with Gasteiger partial charge in [0.05, 0.1) is 16.9 Å². The van der Waals surface area contributed by atoms with Crippen LogP contribution in [0.1, 0.15) is 21.6 Å². The lowest BCUT2D eigenvalue weighted by Crippen LogP contribution is -2.15. The third-order valence-electron chi connectivity index (χ3n) is 3.69. The van der Waals surface area contributed by atoms with Crippen LogP contribution in [0, 0.1) is 11.3 Å². The van der Waals surface area contributed by atoms with Gasteiger partial charge in [-0.3, -0.25) is 9.79 Å². The Morgan fingerprint density at radius 1 is 1.36 bits per heavy atom. The molecule has 128 valence electrons. The highest BCUT2D eigenvalue weighted by Gasteiger charge is 2.20. The van der Waals surface area contributed by atoms with Crippen LogP contribution in [-0.4, -0.2) is 27.1 Å². The summed E-state index contributed by atoms with van der Waals surface area (Å²) in [5, 5.41) is 17.7. The molecule has 0 atom stereocenters. The predicted octanol–water partition coefficient (Wildman–Crippen LogP) is 1.42. The summed E-state index contributed by atoms with van der Waals surface area (Å²) in [4.78, 5) is 17.5. The monoisotopic (exact) mass is 374 g/mol. The number of benzene rings is 1. The Labute approximate surface area is 148 Å². The van der Waals surface area contributed by atoms with Crippen molar-refractivity contribution in [2.24, 2.45) is 10.1 Å². The van der Waals surface area contributed by atoms with Gasteiger partial charge in [-0.15, -0.1) is 11.3 Å². The van der Waals surface area contributed by atoms with Crippen molar-refractivity contribution in [2.45, 2.75) is 17.7 Å². The highest BCUT2D eigenvalue weighted by Crippen LogP contribution is 2.33. The Hall–Kier alpha value is -2.54. The van der Waals surface area contributed by atoms with Crippen LogP contribution in [0.4, 0.5) is 5.00 Å². The van der Waals surface area contributed by atoms with Gasteiger partial charge in [-0.05, 0) is 17.7 Å². The Bertz CT molecular complexity index is 999. The van der Waals surface area contributed by atoms with E-state index >= 15 is 0 Å². The number of hydrogen-bond donors (Lipinski definition) is 2. The predicted molar refractivity (Wildman–Crippen MR) is 95.3 cm³/mol. The van der Waals surface area contributed by atoms with Crippen molar-refractivity contribution in [3.05, 3.63) is 45.8 Å². The van der Waals surface area contributed by atoms with Crippen LogP contribution >= 0.6 is 11.3 Å². The molecule has 0 fully saturated rings. The van der Waals surface area contributed by atoms with E-state index < -0.39 is 10.0 Å². The lowest BCUT2D eigenvalue weighted by atomic mass is 10.1. The first-order valence-electron chi connectivity index (χ1n) is 7.35. The lowest BCUT2D eigenvalue weighted by Gasteiger charge is -2.05. The third-order valence-corrected chi connectivity index (χ3v) is 5.80. The second kappa shape index (κ2) is 6.76. The van der Waals surface area contributed by atoms with E-state index in [1.807, 2.05) is 0 Å². The summed E-state index contributed by atoms with van der Waals surface area (Å²) in [5.41, 5.74) is 1.86. The fourth-order valence-electron chi connectivity index (χ4n) is 2.49. The van der Waals surface area contributed by atoms with Crippen LogP contribution in [0.5, 0.6) is 0 Å². The topological polar surface area (TPSA) is 125 Å². The number of aliphatic imine (C=N–C) groups is 1. The van der Waals surface area contributed by atoms with Gasteiger partial charge in [-0.2, -0.15) is 5.26 Å². The second-order valence-electron chi connectivity index (χ2n) is 5.45. The lowest BCUT2D eigenvalue weighted by molar-refractivity contribution is -0.115. The summed E-state index contributed by atoms with van der Waals surface area (Å²) in [5.74, 6) is -0.282. The number of carbonyl (C=O) groups is 1. The number of nitrogens with one attached hydrogen (secondary N) is 1. The van der Waals surface area contributed by atoms with Gasteiger partial charge in [-0.25, -0.2) is 13.6 Å². The van der Waals surface area contributed by atoms with Crippen molar-refractivity contribution in [1.82, 2.24) is 0 Å². The second-order valence-corrected chi connectivity index (χ2v) is 8.12. The number of anilines is 1. The Kier molecular flexibility index (Phi) is 4.67. The average molecular weight is 374 g/mol. The minimum Gasteiger partial charge on any atom is -0.316 e. The maximum Gasteiger partial charge on any atom is 0.238 e. The quantitative estimate of drug-likeness (QED) is 0.839. The number of hydrogen-bond acceptors (Lipinski definition) is 6. The Balaban J connectivity index is 1.74. The van der Waals surface area contributed by atoms with Gasteiger partial charge in [0.2, 0.25) is 15.9 Å². The van der Waals surface area contributed by atoms with Crippen LogP contribution in [0.15, 0.2) is 34.2 Å². The molecule has 7 nitrogen and oxygen atoms in total. The van der Waals surface area contributed by atoms with Gasteiger partial charge in [0.1, 0.15) is 11.1 Å². The maximum atomic E-state index is 12.3. The van der Waals surface area contributed by atoms with E-state index in [2.05, 4.69) is 16.4 Å². The van der Waals surface area contributed by atoms with Crippen molar-refractivity contribution in [3.8, 4) is 6.07 Å². The largest absolute Gasteiger partial charge is 0.316 e. The summed E-state index contributed by atoms with van der Waals surface area (Å²) < 4.78 is 22.5. The SMILES string of the molecule is N#Cc1c(NC(=O)Cc2ccc(S(N)(=O)=O)cc2)sc2c1C=NCC2. The molecule has 2 heterocycles. The van der Waals surface area contributed by atoms with Gasteiger partial charge in [0.25, 0.3) is 0 Å². The van der Waals surface area contributed by atoms with Gasteiger partial charge in [-0.1, -0.05) is 12.1 Å². The highest BCUT2D eigenvalue weighted by atomic mass is 32.2. The summed E-state index contributed by atoms with van der Waals surface area (Å²) in [6.45, 7) is 0.683. The molecule has 0 saturated carbocycles. The minimum atomic E-state index is -3.75. The summed E-state index contributed by atoms with van der Waals surface area (Å²) in [6, 6.07) is 7.92. The normalized spacial score (nSPS) is 13.1. The molecule has 0 saturated heterocycles. The number of sulfonamides is 1. The molecule has 25 heavy (non-hydrogen) atoms.